The second-order valence-corrected chi connectivity index (χ2v) is 6.36. The van der Waals surface area contributed by atoms with Gasteiger partial charge >= 0.3 is 0 Å². The standard InChI is InChI=1S/C19H22N2O3S/c1-3-24-18-10-15(8-9-17(18)22)11-20-21-19(23)13-25-12-16-7-5-4-6-14(16)2/h4-11,22H,3,12-13H2,1-2H3,(H,21,23)/b20-11-. The molecular formula is C19H22N2O3S. The van der Waals surface area contributed by atoms with Crippen LogP contribution in [0.4, 0.5) is 0 Å². The van der Waals surface area contributed by atoms with Crippen LogP contribution in [0.15, 0.2) is 47.6 Å². The van der Waals surface area contributed by atoms with Crippen LogP contribution in [0.1, 0.15) is 23.6 Å². The Morgan fingerprint density at radius 1 is 1.32 bits per heavy atom. The molecule has 0 spiro atoms. The molecule has 0 saturated heterocycles. The number of nitrogens with one attached hydrogen (secondary N) is 1. The molecule has 0 saturated carbocycles. The normalized spacial score (nSPS) is 10.8. The molecule has 6 heteroatoms. The van der Waals surface area contributed by atoms with Crippen LogP contribution in [0.3, 0.4) is 0 Å². The van der Waals surface area contributed by atoms with Crippen LogP contribution in [-0.4, -0.2) is 29.6 Å². The zero-order valence-electron chi connectivity index (χ0n) is 14.4. The molecule has 0 heterocycles. The number of carbonyl (C=O) groups is 1. The van der Waals surface area contributed by atoms with Gasteiger partial charge in [0.1, 0.15) is 0 Å². The summed E-state index contributed by atoms with van der Waals surface area (Å²) in [5.41, 5.74) is 5.70. The highest BCUT2D eigenvalue weighted by atomic mass is 32.2. The lowest BCUT2D eigenvalue weighted by atomic mass is 10.1. The van der Waals surface area contributed by atoms with E-state index in [1.54, 1.807) is 23.9 Å². The number of phenolic OH excluding ortho intramolecular Hbond substituents is 1. The Kier molecular flexibility index (Phi) is 7.35. The molecule has 2 aromatic rings. The number of benzene rings is 2. The van der Waals surface area contributed by atoms with Gasteiger partial charge in [-0.1, -0.05) is 24.3 Å². The molecular weight excluding hydrogens is 336 g/mol. The number of hydrogen-bond acceptors (Lipinski definition) is 5. The molecule has 2 rings (SSSR count). The van der Waals surface area contributed by atoms with Crippen molar-refractivity contribution in [2.24, 2.45) is 5.10 Å². The minimum atomic E-state index is -0.154. The van der Waals surface area contributed by atoms with E-state index in [2.05, 4.69) is 29.6 Å². The number of aryl methyl sites for hydroxylation is 1. The maximum absolute atomic E-state index is 11.8. The maximum Gasteiger partial charge on any atom is 0.250 e. The number of nitrogens with zero attached hydrogens (tertiary/aromatic N) is 1. The number of aromatic hydroxyl groups is 1. The number of carbonyl (C=O) groups excluding carboxylic acids is 1. The molecule has 2 N–H and O–H groups in total. The summed E-state index contributed by atoms with van der Waals surface area (Å²) in [5, 5.41) is 13.6. The van der Waals surface area contributed by atoms with Gasteiger partial charge < -0.3 is 9.84 Å². The third-order valence-corrected chi connectivity index (χ3v) is 4.42. The fourth-order valence-corrected chi connectivity index (χ4v) is 3.01. The molecule has 0 aliphatic carbocycles. The Bertz CT molecular complexity index is 747. The van der Waals surface area contributed by atoms with Crippen molar-refractivity contribution < 1.29 is 14.6 Å². The van der Waals surface area contributed by atoms with E-state index >= 15 is 0 Å². The Hall–Kier alpha value is -2.47. The first-order valence-corrected chi connectivity index (χ1v) is 9.15. The first-order valence-electron chi connectivity index (χ1n) is 8.00. The maximum atomic E-state index is 11.8. The van der Waals surface area contributed by atoms with Crippen LogP contribution in [-0.2, 0) is 10.5 Å². The first-order chi connectivity index (χ1) is 12.1. The number of rotatable bonds is 8. The Morgan fingerprint density at radius 3 is 2.88 bits per heavy atom. The molecule has 0 atom stereocenters. The molecule has 0 aromatic heterocycles. The summed E-state index contributed by atoms with van der Waals surface area (Å²) < 4.78 is 5.31. The molecule has 25 heavy (non-hydrogen) atoms. The molecule has 5 nitrogen and oxygen atoms in total. The fourth-order valence-electron chi connectivity index (χ4n) is 2.12. The van der Waals surface area contributed by atoms with Gasteiger partial charge in [0.2, 0.25) is 5.91 Å². The summed E-state index contributed by atoms with van der Waals surface area (Å²) in [6, 6.07) is 13.0. The van der Waals surface area contributed by atoms with Crippen LogP contribution in [0.5, 0.6) is 11.5 Å². The van der Waals surface area contributed by atoms with Gasteiger partial charge in [-0.05, 0) is 48.7 Å². The average Bonchev–Trinajstić information content (AvgIpc) is 2.60. The summed E-state index contributed by atoms with van der Waals surface area (Å²) in [4.78, 5) is 11.8. The van der Waals surface area contributed by atoms with Crippen molar-refractivity contribution in [3.05, 3.63) is 59.2 Å². The van der Waals surface area contributed by atoms with Crippen molar-refractivity contribution in [2.75, 3.05) is 12.4 Å². The van der Waals surface area contributed by atoms with E-state index in [1.165, 1.54) is 23.4 Å². The summed E-state index contributed by atoms with van der Waals surface area (Å²) in [6.07, 6.45) is 1.52. The van der Waals surface area contributed by atoms with Crippen LogP contribution in [0.25, 0.3) is 0 Å². The largest absolute Gasteiger partial charge is 0.504 e. The lowest BCUT2D eigenvalue weighted by molar-refractivity contribution is -0.118. The second-order valence-electron chi connectivity index (χ2n) is 5.37. The summed E-state index contributed by atoms with van der Waals surface area (Å²) in [5.74, 6) is 1.45. The SMILES string of the molecule is CCOc1cc(/C=N\NC(=O)CSCc2ccccc2C)ccc1O. The smallest absolute Gasteiger partial charge is 0.250 e. The number of hydrazone groups is 1. The van der Waals surface area contributed by atoms with Gasteiger partial charge in [-0.25, -0.2) is 5.43 Å². The molecule has 0 aliphatic heterocycles. The summed E-state index contributed by atoms with van der Waals surface area (Å²) in [7, 11) is 0. The topological polar surface area (TPSA) is 70.9 Å². The highest BCUT2D eigenvalue weighted by Gasteiger charge is 2.04. The van der Waals surface area contributed by atoms with E-state index < -0.39 is 0 Å². The molecule has 0 aliphatic rings. The number of amides is 1. The lowest BCUT2D eigenvalue weighted by Crippen LogP contribution is -2.19. The number of phenols is 1. The van der Waals surface area contributed by atoms with Gasteiger partial charge in [-0.15, -0.1) is 11.8 Å². The predicted molar refractivity (Wildman–Crippen MR) is 102 cm³/mol. The number of ether oxygens (including phenoxy) is 1. The van der Waals surface area contributed by atoms with Crippen LogP contribution < -0.4 is 10.2 Å². The van der Waals surface area contributed by atoms with Crippen LogP contribution >= 0.6 is 11.8 Å². The molecule has 0 radical (unpaired) electrons. The lowest BCUT2D eigenvalue weighted by Gasteiger charge is -2.06. The minimum Gasteiger partial charge on any atom is -0.504 e. The monoisotopic (exact) mass is 358 g/mol. The van der Waals surface area contributed by atoms with Crippen LogP contribution in [0.2, 0.25) is 0 Å². The third-order valence-electron chi connectivity index (χ3n) is 3.44. The van der Waals surface area contributed by atoms with Gasteiger partial charge in [-0.3, -0.25) is 4.79 Å². The van der Waals surface area contributed by atoms with Gasteiger partial charge in [0.15, 0.2) is 11.5 Å². The van der Waals surface area contributed by atoms with Crippen LogP contribution in [0, 0.1) is 6.92 Å². The van der Waals surface area contributed by atoms with Crippen molar-refractivity contribution in [1.82, 2.24) is 5.43 Å². The fraction of sp³-hybridized carbons (Fsp3) is 0.263. The summed E-state index contributed by atoms with van der Waals surface area (Å²) >= 11 is 1.55. The Labute approximate surface area is 152 Å². The van der Waals surface area contributed by atoms with E-state index in [9.17, 15) is 9.90 Å². The van der Waals surface area contributed by atoms with E-state index in [-0.39, 0.29) is 11.7 Å². The number of thioether (sulfide) groups is 1. The zero-order chi connectivity index (χ0) is 18.1. The molecule has 132 valence electrons. The van der Waals surface area contributed by atoms with Gasteiger partial charge in [0, 0.05) is 5.75 Å². The quantitative estimate of drug-likeness (QED) is 0.560. The van der Waals surface area contributed by atoms with E-state index in [0.29, 0.717) is 18.1 Å². The van der Waals surface area contributed by atoms with Crippen molar-refractivity contribution >= 4 is 23.9 Å². The zero-order valence-corrected chi connectivity index (χ0v) is 15.2. The van der Waals surface area contributed by atoms with E-state index in [4.69, 9.17) is 4.74 Å². The highest BCUT2D eigenvalue weighted by Crippen LogP contribution is 2.26. The Balaban J connectivity index is 1.78. The van der Waals surface area contributed by atoms with Gasteiger partial charge in [0.05, 0.1) is 18.6 Å². The number of hydrogen-bond donors (Lipinski definition) is 2. The molecule has 0 unspecified atom stereocenters. The molecule has 1 amide bonds. The van der Waals surface area contributed by atoms with Gasteiger partial charge in [0.25, 0.3) is 0 Å². The molecule has 0 bridgehead atoms. The minimum absolute atomic E-state index is 0.0793. The highest BCUT2D eigenvalue weighted by molar-refractivity contribution is 7.99. The predicted octanol–water partition coefficient (Wildman–Crippen LogP) is 3.48. The van der Waals surface area contributed by atoms with E-state index in [1.807, 2.05) is 19.1 Å². The molecule has 0 fully saturated rings. The Morgan fingerprint density at radius 2 is 2.12 bits per heavy atom. The molecule has 2 aromatic carbocycles. The second kappa shape index (κ2) is 9.74. The van der Waals surface area contributed by atoms with Gasteiger partial charge in [-0.2, -0.15) is 5.10 Å². The van der Waals surface area contributed by atoms with Crippen molar-refractivity contribution in [3.63, 3.8) is 0 Å². The van der Waals surface area contributed by atoms with E-state index in [0.717, 1.165) is 11.3 Å². The average molecular weight is 358 g/mol. The first kappa shape index (κ1) is 18.9. The van der Waals surface area contributed by atoms with Crippen molar-refractivity contribution in [1.29, 1.82) is 0 Å². The van der Waals surface area contributed by atoms with Crippen molar-refractivity contribution in [2.45, 2.75) is 19.6 Å². The van der Waals surface area contributed by atoms with Crippen molar-refractivity contribution in [3.8, 4) is 11.5 Å². The third kappa shape index (κ3) is 6.15. The summed E-state index contributed by atoms with van der Waals surface area (Å²) in [6.45, 7) is 4.37.